The minimum Gasteiger partial charge on any atom is -0.434 e. The molecule has 1 saturated heterocycles. The van der Waals surface area contributed by atoms with Gasteiger partial charge in [-0.15, -0.1) is 0 Å². The number of nitrogens with zero attached hydrogens (tertiary/aromatic N) is 1. The van der Waals surface area contributed by atoms with Gasteiger partial charge in [0.15, 0.2) is 5.78 Å². The Morgan fingerprint density at radius 1 is 1.25 bits per heavy atom. The molecule has 1 aromatic carbocycles. The number of ketones is 1. The molecular formula is C23H25F3N2O4. The lowest BCUT2D eigenvalue weighted by Gasteiger charge is -2.26. The van der Waals surface area contributed by atoms with Crippen molar-refractivity contribution in [1.82, 2.24) is 4.98 Å². The van der Waals surface area contributed by atoms with Crippen LogP contribution in [-0.2, 0) is 9.53 Å². The molecule has 2 heterocycles. The molecule has 6 nitrogen and oxygen atoms in total. The summed E-state index contributed by atoms with van der Waals surface area (Å²) in [5.41, 5.74) is -0.0584. The van der Waals surface area contributed by atoms with Gasteiger partial charge in [-0.3, -0.25) is 14.6 Å². The normalized spacial score (nSPS) is 22.1. The number of Topliss-reactive ketones (excluding diaryl/α,β-unsaturated/α-hetero) is 1. The number of ether oxygens (including phenoxy) is 2. The number of nitrogens with one attached hydrogen (secondary N) is 1. The second-order valence-corrected chi connectivity index (χ2v) is 8.40. The SMILES string of the molecule is CC(=O)c1cc(NC(=O)[C@@H]2OC(C)(C)[C@H](C)[C@@H]2c2ccc(F)c(C)c2OC(F)F)ccn1. The molecule has 2 aromatic rings. The fourth-order valence-corrected chi connectivity index (χ4v) is 3.96. The van der Waals surface area contributed by atoms with Crippen molar-refractivity contribution in [3.8, 4) is 5.75 Å². The highest BCUT2D eigenvalue weighted by molar-refractivity contribution is 5.97. The highest BCUT2D eigenvalue weighted by Crippen LogP contribution is 2.49. The van der Waals surface area contributed by atoms with E-state index in [9.17, 15) is 22.8 Å². The van der Waals surface area contributed by atoms with Gasteiger partial charge in [0.05, 0.1) is 5.60 Å². The monoisotopic (exact) mass is 450 g/mol. The summed E-state index contributed by atoms with van der Waals surface area (Å²) in [6.07, 6.45) is 0.322. The Morgan fingerprint density at radius 2 is 1.94 bits per heavy atom. The van der Waals surface area contributed by atoms with Crippen molar-refractivity contribution in [3.63, 3.8) is 0 Å². The van der Waals surface area contributed by atoms with Crippen molar-refractivity contribution in [3.05, 3.63) is 53.1 Å². The van der Waals surface area contributed by atoms with E-state index in [-0.39, 0.29) is 34.3 Å². The zero-order valence-electron chi connectivity index (χ0n) is 18.4. The molecule has 1 amide bonds. The molecule has 1 aromatic heterocycles. The van der Waals surface area contributed by atoms with Crippen molar-refractivity contribution in [1.29, 1.82) is 0 Å². The summed E-state index contributed by atoms with van der Waals surface area (Å²) >= 11 is 0. The van der Waals surface area contributed by atoms with Crippen LogP contribution in [0.3, 0.4) is 0 Å². The average molecular weight is 450 g/mol. The number of carbonyl (C=O) groups is 2. The molecule has 0 spiro atoms. The number of hydrogen-bond donors (Lipinski definition) is 1. The summed E-state index contributed by atoms with van der Waals surface area (Å²) in [6, 6.07) is 5.48. The Kier molecular flexibility index (Phi) is 6.59. The molecule has 9 heteroatoms. The highest BCUT2D eigenvalue weighted by Gasteiger charge is 2.51. The second kappa shape index (κ2) is 8.90. The summed E-state index contributed by atoms with van der Waals surface area (Å²) in [7, 11) is 0. The molecule has 0 bridgehead atoms. The third-order valence-corrected chi connectivity index (χ3v) is 5.98. The number of hydrogen-bond acceptors (Lipinski definition) is 5. The topological polar surface area (TPSA) is 77.5 Å². The fourth-order valence-electron chi connectivity index (χ4n) is 3.96. The van der Waals surface area contributed by atoms with Crippen LogP contribution in [0, 0.1) is 18.7 Å². The second-order valence-electron chi connectivity index (χ2n) is 8.40. The number of benzene rings is 1. The Hall–Kier alpha value is -2.94. The molecule has 172 valence electrons. The number of amides is 1. The van der Waals surface area contributed by atoms with Crippen LogP contribution < -0.4 is 10.1 Å². The third kappa shape index (κ3) is 4.62. The first kappa shape index (κ1) is 23.7. The Bertz CT molecular complexity index is 1040. The summed E-state index contributed by atoms with van der Waals surface area (Å²) < 4.78 is 51.0. The van der Waals surface area contributed by atoms with Crippen LogP contribution in [0.5, 0.6) is 5.75 Å². The number of carbonyl (C=O) groups excluding carboxylic acids is 2. The van der Waals surface area contributed by atoms with Gasteiger partial charge in [0, 0.05) is 35.9 Å². The van der Waals surface area contributed by atoms with E-state index in [4.69, 9.17) is 4.74 Å². The minimum atomic E-state index is -3.16. The lowest BCUT2D eigenvalue weighted by molar-refractivity contribution is -0.131. The standard InChI is InChI=1S/C23H25F3N2O4/c1-11-16(24)7-6-15(19(11)31-22(25)26)18-12(2)23(4,5)32-20(18)21(30)28-14-8-9-27-17(10-14)13(3)29/h6-10,12,18,20,22H,1-5H3,(H,27,28,30)/t12-,18-,20-/m1/s1. The van der Waals surface area contributed by atoms with Gasteiger partial charge in [0.1, 0.15) is 23.4 Å². The lowest BCUT2D eigenvalue weighted by Crippen LogP contribution is -2.33. The van der Waals surface area contributed by atoms with Gasteiger partial charge in [-0.25, -0.2) is 4.39 Å². The van der Waals surface area contributed by atoms with Gasteiger partial charge in [-0.05, 0) is 44.9 Å². The van der Waals surface area contributed by atoms with E-state index in [1.807, 2.05) is 6.92 Å². The molecule has 0 radical (unpaired) electrons. The third-order valence-electron chi connectivity index (χ3n) is 5.98. The predicted octanol–water partition coefficient (Wildman–Crippen LogP) is 4.87. The molecule has 3 rings (SSSR count). The number of alkyl halides is 2. The van der Waals surface area contributed by atoms with Crippen LogP contribution in [0.1, 0.15) is 55.2 Å². The molecule has 1 aliphatic rings. The summed E-state index contributed by atoms with van der Waals surface area (Å²) in [5.74, 6) is -2.76. The van der Waals surface area contributed by atoms with Crippen LogP contribution in [0.4, 0.5) is 18.9 Å². The largest absolute Gasteiger partial charge is 0.434 e. The van der Waals surface area contributed by atoms with Crippen molar-refractivity contribution in [2.45, 2.75) is 58.9 Å². The maximum Gasteiger partial charge on any atom is 0.387 e. The molecule has 1 N–H and O–H groups in total. The van der Waals surface area contributed by atoms with Gasteiger partial charge < -0.3 is 14.8 Å². The van der Waals surface area contributed by atoms with E-state index in [0.29, 0.717) is 5.69 Å². The predicted molar refractivity (Wildman–Crippen MR) is 111 cm³/mol. The number of aromatic nitrogens is 1. The number of anilines is 1. The molecular weight excluding hydrogens is 425 g/mol. The first-order chi connectivity index (χ1) is 14.9. The van der Waals surface area contributed by atoms with E-state index in [1.54, 1.807) is 13.8 Å². The van der Waals surface area contributed by atoms with E-state index < -0.39 is 36.0 Å². The lowest BCUT2D eigenvalue weighted by atomic mass is 9.77. The van der Waals surface area contributed by atoms with E-state index >= 15 is 0 Å². The quantitative estimate of drug-likeness (QED) is 0.636. The maximum atomic E-state index is 14.1. The number of rotatable bonds is 6. The van der Waals surface area contributed by atoms with Crippen molar-refractivity contribution < 1.29 is 32.2 Å². The molecule has 0 unspecified atom stereocenters. The molecule has 32 heavy (non-hydrogen) atoms. The van der Waals surface area contributed by atoms with Gasteiger partial charge in [0.2, 0.25) is 0 Å². The van der Waals surface area contributed by atoms with E-state index in [1.165, 1.54) is 38.2 Å². The molecule has 1 aliphatic heterocycles. The van der Waals surface area contributed by atoms with Crippen LogP contribution in [-0.4, -0.2) is 35.0 Å². The fraction of sp³-hybridized carbons (Fsp3) is 0.435. The molecule has 3 atom stereocenters. The van der Waals surface area contributed by atoms with E-state index in [2.05, 4.69) is 15.0 Å². The molecule has 0 saturated carbocycles. The average Bonchev–Trinajstić information content (AvgIpc) is 2.95. The smallest absolute Gasteiger partial charge is 0.387 e. The zero-order valence-corrected chi connectivity index (χ0v) is 18.4. The Balaban J connectivity index is 2.01. The Labute approximate surface area is 184 Å². The van der Waals surface area contributed by atoms with Gasteiger partial charge in [-0.1, -0.05) is 13.0 Å². The minimum absolute atomic E-state index is 0.0703. The number of halogens is 3. The van der Waals surface area contributed by atoms with Crippen LogP contribution >= 0.6 is 0 Å². The van der Waals surface area contributed by atoms with Gasteiger partial charge in [0.25, 0.3) is 5.91 Å². The van der Waals surface area contributed by atoms with E-state index in [0.717, 1.165) is 6.07 Å². The van der Waals surface area contributed by atoms with Gasteiger partial charge in [-0.2, -0.15) is 8.78 Å². The highest BCUT2D eigenvalue weighted by atomic mass is 19.3. The maximum absolute atomic E-state index is 14.1. The summed E-state index contributed by atoms with van der Waals surface area (Å²) in [5, 5.41) is 2.70. The summed E-state index contributed by atoms with van der Waals surface area (Å²) in [4.78, 5) is 28.7. The Morgan fingerprint density at radius 3 is 2.56 bits per heavy atom. The van der Waals surface area contributed by atoms with Gasteiger partial charge >= 0.3 is 6.61 Å². The number of pyridine rings is 1. The van der Waals surface area contributed by atoms with Crippen LogP contribution in [0.2, 0.25) is 0 Å². The van der Waals surface area contributed by atoms with Crippen LogP contribution in [0.15, 0.2) is 30.5 Å². The van der Waals surface area contributed by atoms with Crippen molar-refractivity contribution >= 4 is 17.4 Å². The van der Waals surface area contributed by atoms with Crippen LogP contribution in [0.25, 0.3) is 0 Å². The summed E-state index contributed by atoms with van der Waals surface area (Å²) in [6.45, 7) is 4.97. The van der Waals surface area contributed by atoms with Crippen molar-refractivity contribution in [2.75, 3.05) is 5.32 Å². The van der Waals surface area contributed by atoms with Crippen molar-refractivity contribution in [2.24, 2.45) is 5.92 Å². The molecule has 1 fully saturated rings. The zero-order chi connectivity index (χ0) is 23.8. The first-order valence-electron chi connectivity index (χ1n) is 10.1. The first-order valence-corrected chi connectivity index (χ1v) is 10.1. The molecule has 0 aliphatic carbocycles.